The first-order chi connectivity index (χ1) is 31.8. The van der Waals surface area contributed by atoms with Crippen LogP contribution in [0.4, 0.5) is 0 Å². The molecule has 11 aliphatic rings. The third-order valence-electron chi connectivity index (χ3n) is 27.2. The van der Waals surface area contributed by atoms with Gasteiger partial charge in [-0.3, -0.25) is 0 Å². The van der Waals surface area contributed by atoms with Crippen LogP contribution in [0.5, 0.6) is 0 Å². The summed E-state index contributed by atoms with van der Waals surface area (Å²) >= 11 is 0. The molecule has 0 N–H and O–H groups in total. The molecule has 0 amide bonds. The monoisotopic (exact) mass is 937 g/mol. The Morgan fingerprint density at radius 1 is 0.273 bits per heavy atom. The Kier molecular flexibility index (Phi) is 14.5. The third-order valence-corrected chi connectivity index (χ3v) is 37.9. The molecule has 20 unspecified atom stereocenters. The summed E-state index contributed by atoms with van der Waals surface area (Å²) in [6.07, 6.45) is 47.8. The summed E-state index contributed by atoms with van der Waals surface area (Å²) in [5.41, 5.74) is 4.47. The van der Waals surface area contributed by atoms with Gasteiger partial charge in [-0.15, -0.1) is 0 Å². The summed E-state index contributed by atoms with van der Waals surface area (Å²) in [4.78, 5) is 0. The Morgan fingerprint density at radius 2 is 0.545 bits per heavy atom. The quantitative estimate of drug-likeness (QED) is 0.202. The fraction of sp³-hybridized carbons (Fsp3) is 1.00. The molecule has 66 heavy (non-hydrogen) atoms. The van der Waals surface area contributed by atoms with E-state index in [1.54, 1.807) is 180 Å². The second-order valence-electron chi connectivity index (χ2n) is 30.7. The molecule has 0 aliphatic heterocycles. The smallest absolute Gasteiger partial charge is 0.0547 e. The Hall–Kier alpha value is 0.434. The largest absolute Gasteiger partial charge is 0.0689 e. The lowest BCUT2D eigenvalue weighted by Gasteiger charge is -2.51. The number of hydrogen-bond donors (Lipinski definition) is 0. The number of hydrogen-bond acceptors (Lipinski definition) is 0. The van der Waals surface area contributed by atoms with Crippen molar-refractivity contribution in [1.29, 1.82) is 0 Å². The highest BCUT2D eigenvalue weighted by Gasteiger charge is 2.63. The lowest BCUT2D eigenvalue weighted by molar-refractivity contribution is 0.0473. The van der Waals surface area contributed by atoms with Crippen LogP contribution >= 0.6 is 0 Å². The summed E-state index contributed by atoms with van der Waals surface area (Å²) < 4.78 is 0. The summed E-state index contributed by atoms with van der Waals surface area (Å²) in [5, 5.41) is 0. The average Bonchev–Trinajstić information content (AvgIpc) is 4.08. The second kappa shape index (κ2) is 19.7. The Labute approximate surface area is 413 Å². The molecular formula is C64H112Si2. The standard InChI is InChI=1S/C64H112Si2/c1-40(2)56-39-60-51(27-19-31-55(60)64(56)66(8,9)63-43(5)38-58-49(25-17-30-54(58)63)45-22-14-11-15-23-45)47-34-32-46(33-35-47)50-26-18-29-53-59(50)37-42(4)62(53)65(6,7)61-41(3)36-57-48(24-16-28-52(57)61)44-20-12-10-13-21-44/h40-64H,10-39H2,1-9H3. The van der Waals surface area contributed by atoms with Crippen LogP contribution in [0.1, 0.15) is 227 Å². The summed E-state index contributed by atoms with van der Waals surface area (Å²) in [5.74, 6) is 22.4. The van der Waals surface area contributed by atoms with Gasteiger partial charge in [-0.1, -0.05) is 176 Å². The van der Waals surface area contributed by atoms with Crippen molar-refractivity contribution in [2.75, 3.05) is 0 Å². The van der Waals surface area contributed by atoms with Gasteiger partial charge in [-0.25, -0.2) is 0 Å². The van der Waals surface area contributed by atoms with Crippen LogP contribution in [0.3, 0.4) is 0 Å². The first kappa shape index (κ1) is 48.7. The molecule has 20 atom stereocenters. The Balaban J connectivity index is 0.751. The maximum atomic E-state index is 3.04. The summed E-state index contributed by atoms with van der Waals surface area (Å²) in [6, 6.07) is 0. The van der Waals surface area contributed by atoms with Gasteiger partial charge < -0.3 is 0 Å². The van der Waals surface area contributed by atoms with E-state index in [0.717, 1.165) is 146 Å². The van der Waals surface area contributed by atoms with Gasteiger partial charge in [0.15, 0.2) is 0 Å². The molecule has 0 heterocycles. The minimum Gasteiger partial charge on any atom is -0.0689 e. The Bertz CT molecular complexity index is 1590. The normalized spacial score (nSPS) is 50.8. The molecule has 0 saturated heterocycles. The van der Waals surface area contributed by atoms with Crippen molar-refractivity contribution >= 4 is 16.1 Å². The van der Waals surface area contributed by atoms with Crippen molar-refractivity contribution in [3.05, 3.63) is 0 Å². The molecule has 11 rings (SSSR count). The predicted octanol–water partition coefficient (Wildman–Crippen LogP) is 19.8. The molecule has 0 aromatic heterocycles. The molecule has 11 saturated carbocycles. The molecule has 376 valence electrons. The highest BCUT2D eigenvalue weighted by molar-refractivity contribution is 6.81. The van der Waals surface area contributed by atoms with Crippen molar-refractivity contribution in [3.8, 4) is 0 Å². The summed E-state index contributed by atoms with van der Waals surface area (Å²) in [6.45, 7) is 26.0. The predicted molar refractivity (Wildman–Crippen MR) is 290 cm³/mol. The molecule has 0 aromatic carbocycles. The molecule has 11 fully saturated rings. The topological polar surface area (TPSA) is 0 Å². The zero-order chi connectivity index (χ0) is 45.6. The van der Waals surface area contributed by atoms with Crippen molar-refractivity contribution in [3.63, 3.8) is 0 Å². The molecule has 0 aromatic rings. The second-order valence-corrected chi connectivity index (χ2v) is 40.6. The lowest BCUT2D eigenvalue weighted by atomic mass is 9.60. The van der Waals surface area contributed by atoms with Crippen LogP contribution in [-0.2, 0) is 0 Å². The van der Waals surface area contributed by atoms with Gasteiger partial charge in [-0.2, -0.15) is 0 Å². The van der Waals surface area contributed by atoms with Gasteiger partial charge in [0.25, 0.3) is 0 Å². The van der Waals surface area contributed by atoms with E-state index in [1.165, 1.54) is 12.8 Å². The van der Waals surface area contributed by atoms with Gasteiger partial charge >= 0.3 is 0 Å². The average molecular weight is 938 g/mol. The van der Waals surface area contributed by atoms with E-state index >= 15 is 0 Å². The van der Waals surface area contributed by atoms with Gasteiger partial charge in [0, 0.05) is 0 Å². The van der Waals surface area contributed by atoms with Gasteiger partial charge in [-0.05, 0) is 223 Å². The molecular weight excluding hydrogens is 825 g/mol. The van der Waals surface area contributed by atoms with Gasteiger partial charge in [0.2, 0.25) is 0 Å². The first-order valence-electron chi connectivity index (χ1n) is 31.8. The van der Waals surface area contributed by atoms with Crippen molar-refractivity contribution in [2.24, 2.45) is 124 Å². The minimum atomic E-state index is -1.50. The molecule has 0 bridgehead atoms. The van der Waals surface area contributed by atoms with Crippen LogP contribution < -0.4 is 0 Å². The minimum absolute atomic E-state index is 0.891. The van der Waals surface area contributed by atoms with Crippen LogP contribution in [-0.4, -0.2) is 16.1 Å². The molecule has 0 spiro atoms. The van der Waals surface area contributed by atoms with E-state index in [2.05, 4.69) is 60.8 Å². The highest BCUT2D eigenvalue weighted by Crippen LogP contribution is 2.70. The first-order valence-corrected chi connectivity index (χ1v) is 38.1. The van der Waals surface area contributed by atoms with Crippen LogP contribution in [0.2, 0.25) is 48.4 Å². The van der Waals surface area contributed by atoms with Gasteiger partial charge in [0.05, 0.1) is 16.1 Å². The van der Waals surface area contributed by atoms with Crippen LogP contribution in [0.25, 0.3) is 0 Å². The number of fused-ring (bicyclic) bond motifs is 4. The van der Waals surface area contributed by atoms with E-state index in [4.69, 9.17) is 0 Å². The van der Waals surface area contributed by atoms with Crippen molar-refractivity contribution in [2.45, 2.75) is 276 Å². The van der Waals surface area contributed by atoms with E-state index in [9.17, 15) is 0 Å². The van der Waals surface area contributed by atoms with Crippen LogP contribution in [0.15, 0.2) is 0 Å². The zero-order valence-corrected chi connectivity index (χ0v) is 47.6. The Morgan fingerprint density at radius 3 is 0.879 bits per heavy atom. The zero-order valence-electron chi connectivity index (χ0n) is 45.6. The molecule has 0 radical (unpaired) electrons. The van der Waals surface area contributed by atoms with E-state index in [1.807, 2.05) is 0 Å². The fourth-order valence-corrected chi connectivity index (χ4v) is 39.2. The van der Waals surface area contributed by atoms with E-state index in [0.29, 0.717) is 0 Å². The maximum absolute atomic E-state index is 3.04. The SMILES string of the molecule is CC(C)C1CC2C(C3CCC(C4CCCC5C4CC(C)C5[Si](C)(C)C4C(C)CC5C(C6CCCCC6)CCCC54)CC3)CCCC2C1[Si](C)(C)C1C(C)CC2C(C3CCCCC3)CCCC21. The molecule has 2 heteroatoms. The van der Waals surface area contributed by atoms with Gasteiger partial charge in [0.1, 0.15) is 0 Å². The molecule has 11 aliphatic carbocycles. The van der Waals surface area contributed by atoms with Crippen molar-refractivity contribution in [1.82, 2.24) is 0 Å². The van der Waals surface area contributed by atoms with Crippen LogP contribution in [0, 0.1) is 124 Å². The lowest BCUT2D eigenvalue weighted by Crippen LogP contribution is -2.48. The molecule has 0 nitrogen and oxygen atoms in total. The van der Waals surface area contributed by atoms with E-state index in [-0.39, 0.29) is 0 Å². The van der Waals surface area contributed by atoms with Crippen molar-refractivity contribution < 1.29 is 0 Å². The summed E-state index contributed by atoms with van der Waals surface area (Å²) in [7, 11) is -2.95. The number of rotatable bonds is 9. The van der Waals surface area contributed by atoms with E-state index < -0.39 is 16.1 Å². The third kappa shape index (κ3) is 8.52. The highest BCUT2D eigenvalue weighted by atomic mass is 28.3. The maximum Gasteiger partial charge on any atom is 0.0547 e. The fourth-order valence-electron chi connectivity index (χ4n) is 25.9.